The molecule has 0 unspecified atom stereocenters. The third-order valence-electron chi connectivity index (χ3n) is 5.11. The molecular formula is C15H25N5O3. The molecule has 0 radical (unpaired) electrons. The zero-order valence-electron chi connectivity index (χ0n) is 13.6. The van der Waals surface area contributed by atoms with E-state index in [1.165, 1.54) is 4.90 Å². The Morgan fingerprint density at radius 2 is 1.78 bits per heavy atom. The van der Waals surface area contributed by atoms with E-state index in [0.717, 1.165) is 26.2 Å². The van der Waals surface area contributed by atoms with Gasteiger partial charge >= 0.3 is 6.03 Å². The van der Waals surface area contributed by atoms with E-state index < -0.39 is 5.54 Å². The minimum Gasteiger partial charge on any atom is -0.340 e. The van der Waals surface area contributed by atoms with Gasteiger partial charge in [-0.15, -0.1) is 0 Å². The van der Waals surface area contributed by atoms with Gasteiger partial charge in [-0.25, -0.2) is 4.79 Å². The molecular weight excluding hydrogens is 298 g/mol. The minimum atomic E-state index is -0.748. The number of carbonyl (C=O) groups excluding carboxylic acids is 3. The zero-order valence-corrected chi connectivity index (χ0v) is 13.6. The normalized spacial score (nSPS) is 25.1. The monoisotopic (exact) mass is 323 g/mol. The summed E-state index contributed by atoms with van der Waals surface area (Å²) in [4.78, 5) is 42.2. The SMILES string of the molecule is CN1CCC2(CC1)NC(=O)N(CCC(=O)N1CCNCC1)C2=O. The zero-order chi connectivity index (χ0) is 16.4. The Balaban J connectivity index is 1.56. The Kier molecular flexibility index (Phi) is 4.54. The predicted molar refractivity (Wildman–Crippen MR) is 83.8 cm³/mol. The molecule has 0 atom stereocenters. The maximum Gasteiger partial charge on any atom is 0.325 e. The molecule has 4 amide bonds. The van der Waals surface area contributed by atoms with E-state index in [2.05, 4.69) is 15.5 Å². The third-order valence-corrected chi connectivity index (χ3v) is 5.11. The van der Waals surface area contributed by atoms with Gasteiger partial charge in [0, 0.05) is 52.2 Å². The second-order valence-electron chi connectivity index (χ2n) is 6.65. The van der Waals surface area contributed by atoms with Crippen LogP contribution in [0, 0.1) is 0 Å². The van der Waals surface area contributed by atoms with Crippen molar-refractivity contribution >= 4 is 17.8 Å². The first kappa shape index (κ1) is 16.2. The van der Waals surface area contributed by atoms with Crippen molar-refractivity contribution in [3.8, 4) is 0 Å². The predicted octanol–water partition coefficient (Wildman–Crippen LogP) is -1.18. The van der Waals surface area contributed by atoms with Crippen molar-refractivity contribution < 1.29 is 14.4 Å². The third kappa shape index (κ3) is 3.18. The first-order valence-corrected chi connectivity index (χ1v) is 8.33. The maximum atomic E-state index is 12.7. The van der Waals surface area contributed by atoms with Gasteiger partial charge in [0.15, 0.2) is 0 Å². The van der Waals surface area contributed by atoms with Crippen LogP contribution in [0.3, 0.4) is 0 Å². The van der Waals surface area contributed by atoms with E-state index in [4.69, 9.17) is 0 Å². The molecule has 8 nitrogen and oxygen atoms in total. The van der Waals surface area contributed by atoms with E-state index in [1.54, 1.807) is 4.90 Å². The van der Waals surface area contributed by atoms with E-state index in [1.807, 2.05) is 7.05 Å². The summed E-state index contributed by atoms with van der Waals surface area (Å²) in [7, 11) is 2.01. The van der Waals surface area contributed by atoms with Crippen molar-refractivity contribution in [3.63, 3.8) is 0 Å². The molecule has 0 aromatic heterocycles. The van der Waals surface area contributed by atoms with Gasteiger partial charge in [-0.3, -0.25) is 14.5 Å². The Labute approximate surface area is 136 Å². The number of carbonyl (C=O) groups is 3. The largest absolute Gasteiger partial charge is 0.340 e. The first-order chi connectivity index (χ1) is 11.0. The number of amides is 4. The molecule has 0 aromatic rings. The molecule has 3 fully saturated rings. The molecule has 0 aliphatic carbocycles. The summed E-state index contributed by atoms with van der Waals surface area (Å²) >= 11 is 0. The highest BCUT2D eigenvalue weighted by Gasteiger charge is 2.51. The minimum absolute atomic E-state index is 0.0106. The molecule has 3 saturated heterocycles. The van der Waals surface area contributed by atoms with Crippen LogP contribution in [0.5, 0.6) is 0 Å². The summed E-state index contributed by atoms with van der Waals surface area (Å²) < 4.78 is 0. The van der Waals surface area contributed by atoms with Crippen LogP contribution in [0.2, 0.25) is 0 Å². The average molecular weight is 323 g/mol. The fourth-order valence-electron chi connectivity index (χ4n) is 3.50. The Morgan fingerprint density at radius 3 is 2.43 bits per heavy atom. The van der Waals surface area contributed by atoms with Crippen LogP contribution < -0.4 is 10.6 Å². The van der Waals surface area contributed by atoms with Crippen LogP contribution in [-0.4, -0.2) is 90.9 Å². The molecule has 2 N–H and O–H groups in total. The number of hydrogen-bond donors (Lipinski definition) is 2. The molecule has 0 saturated carbocycles. The molecule has 0 aromatic carbocycles. The van der Waals surface area contributed by atoms with Crippen molar-refractivity contribution in [2.24, 2.45) is 0 Å². The molecule has 0 bridgehead atoms. The molecule has 1 spiro atoms. The van der Waals surface area contributed by atoms with Gasteiger partial charge in [0.2, 0.25) is 5.91 Å². The van der Waals surface area contributed by atoms with Crippen LogP contribution in [0.1, 0.15) is 19.3 Å². The summed E-state index contributed by atoms with van der Waals surface area (Å²) in [6.45, 7) is 4.73. The van der Waals surface area contributed by atoms with Gasteiger partial charge in [0.25, 0.3) is 5.91 Å². The average Bonchev–Trinajstić information content (AvgIpc) is 2.80. The Bertz CT molecular complexity index is 495. The van der Waals surface area contributed by atoms with Crippen molar-refractivity contribution in [1.29, 1.82) is 0 Å². The first-order valence-electron chi connectivity index (χ1n) is 8.33. The lowest BCUT2D eigenvalue weighted by Gasteiger charge is -2.35. The quantitative estimate of drug-likeness (QED) is 0.639. The van der Waals surface area contributed by atoms with Gasteiger partial charge in [-0.05, 0) is 19.9 Å². The van der Waals surface area contributed by atoms with E-state index in [9.17, 15) is 14.4 Å². The highest BCUT2D eigenvalue weighted by Crippen LogP contribution is 2.29. The number of nitrogens with one attached hydrogen (secondary N) is 2. The number of urea groups is 1. The standard InChI is InChI=1S/C15H25N5O3/c1-18-8-3-15(4-9-18)13(22)20(14(23)17-15)7-2-12(21)19-10-5-16-6-11-19/h16H,2-11H2,1H3,(H,17,23). The van der Waals surface area contributed by atoms with Crippen molar-refractivity contribution in [1.82, 2.24) is 25.3 Å². The maximum absolute atomic E-state index is 12.7. The summed E-state index contributed by atoms with van der Waals surface area (Å²) in [5, 5.41) is 6.07. The van der Waals surface area contributed by atoms with Crippen LogP contribution in [0.4, 0.5) is 4.79 Å². The fraction of sp³-hybridized carbons (Fsp3) is 0.800. The summed E-state index contributed by atoms with van der Waals surface area (Å²) in [6.07, 6.45) is 1.47. The van der Waals surface area contributed by atoms with Crippen LogP contribution >= 0.6 is 0 Å². The Morgan fingerprint density at radius 1 is 1.13 bits per heavy atom. The Hall–Kier alpha value is -1.67. The lowest BCUT2D eigenvalue weighted by molar-refractivity contribution is -0.134. The topological polar surface area (TPSA) is 85.0 Å². The van der Waals surface area contributed by atoms with Gasteiger partial charge in [-0.2, -0.15) is 0 Å². The number of piperazine rings is 1. The fourth-order valence-corrected chi connectivity index (χ4v) is 3.50. The highest BCUT2D eigenvalue weighted by molar-refractivity contribution is 6.07. The van der Waals surface area contributed by atoms with Crippen LogP contribution in [0.15, 0.2) is 0 Å². The lowest BCUT2D eigenvalue weighted by Crippen LogP contribution is -2.54. The van der Waals surface area contributed by atoms with Crippen LogP contribution in [0.25, 0.3) is 0 Å². The van der Waals surface area contributed by atoms with Crippen LogP contribution in [-0.2, 0) is 9.59 Å². The second-order valence-corrected chi connectivity index (χ2v) is 6.65. The second kappa shape index (κ2) is 6.45. The van der Waals surface area contributed by atoms with E-state index in [-0.39, 0.29) is 30.8 Å². The summed E-state index contributed by atoms with van der Waals surface area (Å²) in [6, 6.07) is -0.354. The van der Waals surface area contributed by atoms with Crippen molar-refractivity contribution in [2.75, 3.05) is 52.9 Å². The van der Waals surface area contributed by atoms with Crippen molar-refractivity contribution in [2.45, 2.75) is 24.8 Å². The van der Waals surface area contributed by atoms with Gasteiger partial charge in [0.05, 0.1) is 0 Å². The number of piperidine rings is 1. The molecule has 3 rings (SSSR count). The summed E-state index contributed by atoms with van der Waals surface area (Å²) in [5.74, 6) is -0.153. The lowest BCUT2D eigenvalue weighted by atomic mass is 9.87. The number of hydrogen-bond acceptors (Lipinski definition) is 5. The highest BCUT2D eigenvalue weighted by atomic mass is 16.2. The van der Waals surface area contributed by atoms with E-state index in [0.29, 0.717) is 25.9 Å². The number of rotatable bonds is 3. The number of nitrogens with zero attached hydrogens (tertiary/aromatic N) is 3. The molecule has 3 heterocycles. The van der Waals surface area contributed by atoms with E-state index >= 15 is 0 Å². The number of imide groups is 1. The molecule has 128 valence electrons. The molecule has 3 aliphatic heterocycles. The molecule has 8 heteroatoms. The van der Waals surface area contributed by atoms with Gasteiger partial charge < -0.3 is 20.4 Å². The van der Waals surface area contributed by atoms with Gasteiger partial charge in [-0.1, -0.05) is 0 Å². The van der Waals surface area contributed by atoms with Crippen molar-refractivity contribution in [3.05, 3.63) is 0 Å². The molecule has 23 heavy (non-hydrogen) atoms. The van der Waals surface area contributed by atoms with Gasteiger partial charge in [0.1, 0.15) is 5.54 Å². The number of likely N-dealkylation sites (tertiary alicyclic amines) is 1. The summed E-state index contributed by atoms with van der Waals surface area (Å²) in [5.41, 5.74) is -0.748. The molecule has 3 aliphatic rings. The smallest absolute Gasteiger partial charge is 0.325 e.